The number of carbonyl (C=O) groups is 1. The number of carbonyl (C=O) groups excluding carboxylic acids is 1. The Bertz CT molecular complexity index is 633. The maximum absolute atomic E-state index is 13.4. The van der Waals surface area contributed by atoms with Gasteiger partial charge in [-0.2, -0.15) is 0 Å². The van der Waals surface area contributed by atoms with Crippen LogP contribution < -0.4 is 5.32 Å². The summed E-state index contributed by atoms with van der Waals surface area (Å²) in [5.74, 6) is 0.288. The molecule has 2 aliphatic heterocycles. The number of rotatable bonds is 2. The lowest BCUT2D eigenvalue weighted by molar-refractivity contribution is -0.141. The first-order chi connectivity index (χ1) is 11.1. The van der Waals surface area contributed by atoms with E-state index in [1.807, 2.05) is 18.2 Å². The monoisotopic (exact) mass is 388 g/mol. The molecule has 0 radical (unpaired) electrons. The van der Waals surface area contributed by atoms with E-state index in [2.05, 4.69) is 10.2 Å². The molecule has 1 saturated carbocycles. The zero-order valence-corrected chi connectivity index (χ0v) is 15.9. The van der Waals surface area contributed by atoms with E-state index in [0.717, 1.165) is 44.3 Å². The molecule has 132 valence electrons. The summed E-state index contributed by atoms with van der Waals surface area (Å²) in [6.07, 6.45) is 6.45. The van der Waals surface area contributed by atoms with Gasteiger partial charge in [-0.15, -0.1) is 12.4 Å². The standard InChI is InChI=1S/C18H22Cl2N2O.ClH/c19-15-5-2-12(10-16(15)20)18(7-1-8-18)17(23)22-9-6-13-3-4-14(11-22)21-13;/h2,5,10,13-14,21H,1,3-4,6-9,11H2;1H. The SMILES string of the molecule is Cl.O=C(N1CCC2CCC(C1)N2)C1(c2ccc(Cl)c(Cl)c2)CCC1. The number of nitrogens with one attached hydrogen (secondary N) is 1. The summed E-state index contributed by atoms with van der Waals surface area (Å²) in [6, 6.07) is 6.76. The van der Waals surface area contributed by atoms with Crippen molar-refractivity contribution in [2.45, 2.75) is 56.0 Å². The highest BCUT2D eigenvalue weighted by Crippen LogP contribution is 2.46. The zero-order chi connectivity index (χ0) is 16.0. The maximum atomic E-state index is 13.4. The van der Waals surface area contributed by atoms with Crippen LogP contribution in [0.3, 0.4) is 0 Å². The molecule has 1 aromatic carbocycles. The van der Waals surface area contributed by atoms with E-state index in [-0.39, 0.29) is 23.7 Å². The van der Waals surface area contributed by atoms with Crippen molar-refractivity contribution in [2.24, 2.45) is 0 Å². The van der Waals surface area contributed by atoms with Crippen LogP contribution in [-0.2, 0) is 10.2 Å². The van der Waals surface area contributed by atoms with Crippen molar-refractivity contribution < 1.29 is 4.79 Å². The van der Waals surface area contributed by atoms with Crippen molar-refractivity contribution in [2.75, 3.05) is 13.1 Å². The first-order valence-corrected chi connectivity index (χ1v) is 9.35. The van der Waals surface area contributed by atoms with Gasteiger partial charge in [0.1, 0.15) is 0 Å². The highest BCUT2D eigenvalue weighted by Gasteiger charge is 2.48. The Morgan fingerprint density at radius 3 is 2.54 bits per heavy atom. The van der Waals surface area contributed by atoms with E-state index in [4.69, 9.17) is 23.2 Å². The van der Waals surface area contributed by atoms with Crippen molar-refractivity contribution in [1.82, 2.24) is 10.2 Å². The number of fused-ring (bicyclic) bond motifs is 2. The second-order valence-electron chi connectivity index (χ2n) is 7.24. The van der Waals surface area contributed by atoms with Crippen LogP contribution in [0.2, 0.25) is 10.0 Å². The molecule has 6 heteroatoms. The number of hydrogen-bond donors (Lipinski definition) is 1. The molecular weight excluding hydrogens is 367 g/mol. The average molecular weight is 390 g/mol. The van der Waals surface area contributed by atoms with Gasteiger partial charge >= 0.3 is 0 Å². The topological polar surface area (TPSA) is 32.3 Å². The van der Waals surface area contributed by atoms with E-state index in [0.29, 0.717) is 22.1 Å². The van der Waals surface area contributed by atoms with Gasteiger partial charge in [-0.3, -0.25) is 4.79 Å². The molecule has 2 atom stereocenters. The van der Waals surface area contributed by atoms with Crippen molar-refractivity contribution >= 4 is 41.5 Å². The quantitative estimate of drug-likeness (QED) is 0.822. The van der Waals surface area contributed by atoms with Gasteiger partial charge in [0.15, 0.2) is 0 Å². The number of benzene rings is 1. The highest BCUT2D eigenvalue weighted by molar-refractivity contribution is 6.42. The minimum atomic E-state index is -0.377. The summed E-state index contributed by atoms with van der Waals surface area (Å²) < 4.78 is 0. The molecule has 2 unspecified atom stereocenters. The van der Waals surface area contributed by atoms with Crippen LogP contribution in [0.5, 0.6) is 0 Å². The molecular formula is C18H23Cl3N2O. The molecule has 3 fully saturated rings. The zero-order valence-electron chi connectivity index (χ0n) is 13.6. The van der Waals surface area contributed by atoms with Crippen molar-refractivity contribution in [3.05, 3.63) is 33.8 Å². The Labute approximate surface area is 159 Å². The van der Waals surface area contributed by atoms with Crippen LogP contribution in [0.1, 0.15) is 44.1 Å². The van der Waals surface area contributed by atoms with Crippen molar-refractivity contribution in [3.63, 3.8) is 0 Å². The lowest BCUT2D eigenvalue weighted by atomic mass is 9.63. The Balaban J connectivity index is 0.00000169. The molecule has 4 rings (SSSR count). The molecule has 2 saturated heterocycles. The number of halogens is 3. The molecule has 0 aromatic heterocycles. The van der Waals surface area contributed by atoms with E-state index in [9.17, 15) is 4.79 Å². The smallest absolute Gasteiger partial charge is 0.233 e. The van der Waals surface area contributed by atoms with Gasteiger partial charge in [-0.1, -0.05) is 35.7 Å². The normalized spacial score (nSPS) is 27.8. The molecule has 1 aromatic rings. The largest absolute Gasteiger partial charge is 0.340 e. The van der Waals surface area contributed by atoms with E-state index in [1.54, 1.807) is 0 Å². The molecule has 0 spiro atoms. The molecule has 2 heterocycles. The lowest BCUT2D eigenvalue weighted by Gasteiger charge is -2.44. The molecule has 1 amide bonds. The molecule has 1 aliphatic carbocycles. The minimum Gasteiger partial charge on any atom is -0.340 e. The lowest BCUT2D eigenvalue weighted by Crippen LogP contribution is -2.53. The third-order valence-corrected chi connectivity index (χ3v) is 6.64. The van der Waals surface area contributed by atoms with E-state index >= 15 is 0 Å². The van der Waals surface area contributed by atoms with Crippen LogP contribution in [-0.4, -0.2) is 36.0 Å². The number of hydrogen-bond acceptors (Lipinski definition) is 2. The third-order valence-electron chi connectivity index (χ3n) is 5.90. The fourth-order valence-corrected chi connectivity index (χ4v) is 4.68. The fourth-order valence-electron chi connectivity index (χ4n) is 4.38. The van der Waals surface area contributed by atoms with Gasteiger partial charge in [0.2, 0.25) is 5.91 Å². The number of nitrogens with zero attached hydrogens (tertiary/aromatic N) is 1. The predicted octanol–water partition coefficient (Wildman–Crippen LogP) is 4.19. The summed E-state index contributed by atoms with van der Waals surface area (Å²) in [4.78, 5) is 15.4. The molecule has 1 N–H and O–H groups in total. The Hall–Kier alpha value is -0.480. The van der Waals surface area contributed by atoms with Gasteiger partial charge in [0.05, 0.1) is 15.5 Å². The average Bonchev–Trinajstić information content (AvgIpc) is 2.81. The van der Waals surface area contributed by atoms with Gasteiger partial charge in [-0.25, -0.2) is 0 Å². The Morgan fingerprint density at radius 1 is 1.12 bits per heavy atom. The van der Waals surface area contributed by atoms with E-state index < -0.39 is 0 Å². The summed E-state index contributed by atoms with van der Waals surface area (Å²) in [5, 5.41) is 4.74. The number of amides is 1. The Kier molecular flexibility index (Phi) is 5.36. The number of likely N-dealkylation sites (tertiary alicyclic amines) is 1. The Morgan fingerprint density at radius 2 is 1.88 bits per heavy atom. The van der Waals surface area contributed by atoms with E-state index in [1.165, 1.54) is 12.8 Å². The van der Waals surface area contributed by atoms with Crippen molar-refractivity contribution in [3.8, 4) is 0 Å². The highest BCUT2D eigenvalue weighted by atomic mass is 35.5. The van der Waals surface area contributed by atoms with Gasteiger partial charge in [-0.05, 0) is 49.8 Å². The third kappa shape index (κ3) is 3.05. The summed E-state index contributed by atoms with van der Waals surface area (Å²) in [7, 11) is 0. The van der Waals surface area contributed by atoms with Gasteiger partial charge in [0.25, 0.3) is 0 Å². The van der Waals surface area contributed by atoms with Gasteiger partial charge < -0.3 is 10.2 Å². The first-order valence-electron chi connectivity index (χ1n) is 8.59. The minimum absolute atomic E-state index is 0. The van der Waals surface area contributed by atoms with Crippen molar-refractivity contribution in [1.29, 1.82) is 0 Å². The van der Waals surface area contributed by atoms with Crippen LogP contribution in [0.4, 0.5) is 0 Å². The summed E-state index contributed by atoms with van der Waals surface area (Å²) >= 11 is 12.3. The summed E-state index contributed by atoms with van der Waals surface area (Å²) in [6.45, 7) is 1.72. The van der Waals surface area contributed by atoms with Gasteiger partial charge in [0, 0.05) is 25.2 Å². The fraction of sp³-hybridized carbons (Fsp3) is 0.611. The maximum Gasteiger partial charge on any atom is 0.233 e. The van der Waals surface area contributed by atoms with Crippen LogP contribution in [0.15, 0.2) is 18.2 Å². The van der Waals surface area contributed by atoms with Crippen LogP contribution in [0.25, 0.3) is 0 Å². The molecule has 3 nitrogen and oxygen atoms in total. The first kappa shape index (κ1) is 18.3. The summed E-state index contributed by atoms with van der Waals surface area (Å²) in [5.41, 5.74) is 0.656. The van der Waals surface area contributed by atoms with Crippen LogP contribution >= 0.6 is 35.6 Å². The second-order valence-corrected chi connectivity index (χ2v) is 8.06. The second kappa shape index (κ2) is 7.03. The molecule has 3 aliphatic rings. The molecule has 24 heavy (non-hydrogen) atoms. The predicted molar refractivity (Wildman–Crippen MR) is 100 cm³/mol. The van der Waals surface area contributed by atoms with Crippen LogP contribution in [0, 0.1) is 0 Å². The molecule has 2 bridgehead atoms.